The average Bonchev–Trinajstić information content (AvgIpc) is 3.31. The molecular formula is C39H51F20NaO15S. The summed E-state index contributed by atoms with van der Waals surface area (Å²) in [6, 6.07) is 1.49. The van der Waals surface area contributed by atoms with Gasteiger partial charge in [-0.3, -0.25) is 0 Å². The van der Waals surface area contributed by atoms with Gasteiger partial charge in [0.1, 0.15) is 18.1 Å². The van der Waals surface area contributed by atoms with E-state index in [9.17, 15) is 101 Å². The first-order chi connectivity index (χ1) is 34.6. The molecule has 0 amide bonds. The Hall–Kier alpha value is -2.07. The van der Waals surface area contributed by atoms with Crippen molar-refractivity contribution < 1.29 is 187 Å². The van der Waals surface area contributed by atoms with Gasteiger partial charge in [0, 0.05) is 12.4 Å². The fourth-order valence-electron chi connectivity index (χ4n) is 4.97. The molecular weight excluding hydrogens is 1140 g/mol. The van der Waals surface area contributed by atoms with Gasteiger partial charge in [0.15, 0.2) is 0 Å². The Morgan fingerprint density at radius 1 is 0.368 bits per heavy atom. The van der Waals surface area contributed by atoms with Crippen molar-refractivity contribution in [2.75, 3.05) is 144 Å². The molecule has 0 atom stereocenters. The molecule has 76 heavy (non-hydrogen) atoms. The van der Waals surface area contributed by atoms with Crippen LogP contribution in [-0.4, -0.2) is 217 Å². The molecule has 0 aliphatic rings. The van der Waals surface area contributed by atoms with Gasteiger partial charge in [-0.25, -0.2) is 17.2 Å². The molecule has 1 aromatic rings. The summed E-state index contributed by atoms with van der Waals surface area (Å²) in [5, 5.41) is 0. The van der Waals surface area contributed by atoms with E-state index in [0.29, 0.717) is 71.6 Å². The van der Waals surface area contributed by atoms with Crippen molar-refractivity contribution in [1.82, 2.24) is 0 Å². The summed E-state index contributed by atoms with van der Waals surface area (Å²) in [6.45, 7) is 4.26. The van der Waals surface area contributed by atoms with Gasteiger partial charge in [-0.05, 0) is 30.7 Å². The Morgan fingerprint density at radius 3 is 0.882 bits per heavy atom. The second-order valence-electron chi connectivity index (χ2n) is 14.6. The topological polar surface area (TPSA) is 168 Å². The number of alkyl halides is 20. The van der Waals surface area contributed by atoms with Crippen LogP contribution in [0.1, 0.15) is 6.42 Å². The van der Waals surface area contributed by atoms with E-state index in [0.717, 1.165) is 0 Å². The Kier molecular flexibility index (Phi) is 32.7. The van der Waals surface area contributed by atoms with Crippen molar-refractivity contribution in [3.05, 3.63) is 24.3 Å². The molecule has 0 aliphatic heterocycles. The molecule has 15 nitrogen and oxygen atoms in total. The summed E-state index contributed by atoms with van der Waals surface area (Å²) in [7, 11) is -4.24. The molecule has 0 aromatic heterocycles. The maximum absolute atomic E-state index is 14.2. The van der Waals surface area contributed by atoms with Crippen LogP contribution in [-0.2, 0) is 57.5 Å². The molecule has 37 heteroatoms. The third kappa shape index (κ3) is 21.8. The molecule has 0 unspecified atom stereocenters. The number of hydrogen-bond donors (Lipinski definition) is 0. The molecule has 0 saturated carbocycles. The fraction of sp³-hybridized carbons (Fsp3) is 0.846. The van der Waals surface area contributed by atoms with Crippen molar-refractivity contribution in [1.29, 1.82) is 0 Å². The van der Waals surface area contributed by atoms with Crippen molar-refractivity contribution in [2.24, 2.45) is 0 Å². The molecule has 1 rings (SSSR count). The normalized spacial score (nSPS) is 13.9. The minimum atomic E-state index is -9.12. The fourth-order valence-corrected chi connectivity index (χ4v) is 5.44. The van der Waals surface area contributed by atoms with Gasteiger partial charge >= 0.3 is 89.5 Å². The molecule has 0 fully saturated rings. The van der Waals surface area contributed by atoms with Gasteiger partial charge < -0.3 is 61.4 Å². The number of rotatable bonds is 46. The maximum Gasteiger partial charge on any atom is 1.00 e. The summed E-state index contributed by atoms with van der Waals surface area (Å²) in [5.74, 6) is -71.8. The zero-order chi connectivity index (χ0) is 57.3. The molecule has 0 radical (unpaired) electrons. The van der Waals surface area contributed by atoms with E-state index in [-0.39, 0.29) is 133 Å². The summed E-state index contributed by atoms with van der Waals surface area (Å²) in [6.07, 6.45) is -13.2. The minimum Gasteiger partial charge on any atom is -0.748 e. The van der Waals surface area contributed by atoms with Gasteiger partial charge in [-0.15, -0.1) is 0 Å². The minimum absolute atomic E-state index is 0. The van der Waals surface area contributed by atoms with E-state index in [1.807, 2.05) is 0 Å². The van der Waals surface area contributed by atoms with Crippen LogP contribution in [0.15, 0.2) is 24.3 Å². The third-order valence-corrected chi connectivity index (χ3v) is 9.81. The van der Waals surface area contributed by atoms with Crippen molar-refractivity contribution in [3.8, 4) is 11.5 Å². The monoisotopic (exact) mass is 1190 g/mol. The Labute approximate surface area is 442 Å². The van der Waals surface area contributed by atoms with Crippen molar-refractivity contribution in [2.45, 2.75) is 66.3 Å². The van der Waals surface area contributed by atoms with Crippen LogP contribution in [0.3, 0.4) is 0 Å². The Morgan fingerprint density at radius 2 is 0.605 bits per heavy atom. The van der Waals surface area contributed by atoms with Crippen LogP contribution in [0, 0.1) is 0 Å². The van der Waals surface area contributed by atoms with Gasteiger partial charge in [0.25, 0.3) is 0 Å². The van der Waals surface area contributed by atoms with E-state index in [4.69, 9.17) is 52.1 Å². The average molecular weight is 1190 g/mol. The van der Waals surface area contributed by atoms with Gasteiger partial charge in [-0.2, -0.15) is 79.0 Å². The van der Waals surface area contributed by atoms with E-state index >= 15 is 0 Å². The van der Waals surface area contributed by atoms with Gasteiger partial charge in [0.05, 0.1) is 136 Å². The molecule has 0 aliphatic carbocycles. The van der Waals surface area contributed by atoms with E-state index < -0.39 is 81.5 Å². The second kappa shape index (κ2) is 33.6. The van der Waals surface area contributed by atoms with Crippen molar-refractivity contribution >= 4 is 10.1 Å². The predicted molar refractivity (Wildman–Crippen MR) is 210 cm³/mol. The maximum atomic E-state index is 14.2. The van der Waals surface area contributed by atoms with Crippen LogP contribution in [0.4, 0.5) is 87.8 Å². The summed E-state index contributed by atoms with van der Waals surface area (Å²) < 4.78 is 366. The van der Waals surface area contributed by atoms with Crippen LogP contribution in [0.25, 0.3) is 0 Å². The quantitative estimate of drug-likeness (QED) is 0.0388. The number of halogens is 20. The standard InChI is InChI=1S/C39H52F20O15S.Na/c40-30(41)31(42,43)32(44,45)33(46,47)34(48,49)35(50,51)36(52,53)37(54,55)38(56,57)39(58,59)74-29-4-2-28(3-5-29)73-26-25-72-24-23-71-22-21-70-20-19-69-18-17-68-16-15-67-14-13-66-12-11-65-10-9-64-8-7-63-6-1-27-75(60,61)62;/h2-5,30H,1,6-27H2,(H,60,61,62);/q;+1/p-1. The predicted octanol–water partition coefficient (Wildman–Crippen LogP) is 4.49. The zero-order valence-electron chi connectivity index (χ0n) is 39.7. The number of benzene rings is 1. The smallest absolute Gasteiger partial charge is 0.748 e. The second-order valence-corrected chi connectivity index (χ2v) is 16.1. The van der Waals surface area contributed by atoms with E-state index in [2.05, 4.69) is 4.74 Å². The number of ether oxygens (including phenoxy) is 12. The van der Waals surface area contributed by atoms with Gasteiger partial charge in [-0.1, -0.05) is 0 Å². The molecule has 0 heterocycles. The summed E-state index contributed by atoms with van der Waals surface area (Å²) in [5.41, 5.74) is 0. The first-order valence-electron chi connectivity index (χ1n) is 21.4. The third-order valence-electron chi connectivity index (χ3n) is 9.02. The zero-order valence-corrected chi connectivity index (χ0v) is 42.6. The van der Waals surface area contributed by atoms with E-state index in [1.165, 1.54) is 0 Å². The summed E-state index contributed by atoms with van der Waals surface area (Å²) in [4.78, 5) is 0. The molecule has 0 saturated heterocycles. The molecule has 0 N–H and O–H groups in total. The first kappa shape index (κ1) is 73.9. The Balaban J connectivity index is 0.0000562. The number of hydrogen-bond acceptors (Lipinski definition) is 15. The SMILES string of the molecule is O=S(=O)([O-])CCCOCCOCCOCCOCCOCCOCCOCCOCCOCCOCCOc1ccc(OC(F)(F)C(F)(F)C(F)(F)C(F)(F)C(F)(F)C(F)(F)C(F)(F)C(F)(F)C(F)(F)C(F)F)cc1.[Na+]. The largest absolute Gasteiger partial charge is 1.00 e. The first-order valence-corrected chi connectivity index (χ1v) is 23.0. The molecule has 1 aromatic carbocycles. The van der Waals surface area contributed by atoms with E-state index in [1.54, 1.807) is 0 Å². The van der Waals surface area contributed by atoms with Crippen LogP contribution < -0.4 is 39.0 Å². The van der Waals surface area contributed by atoms with Crippen molar-refractivity contribution in [3.63, 3.8) is 0 Å². The molecule has 0 bridgehead atoms. The van der Waals surface area contributed by atoms with Crippen LogP contribution in [0.5, 0.6) is 11.5 Å². The summed E-state index contributed by atoms with van der Waals surface area (Å²) >= 11 is 0. The van der Waals surface area contributed by atoms with Crippen LogP contribution in [0.2, 0.25) is 0 Å². The Bertz CT molecular complexity index is 1830. The molecule has 444 valence electrons. The van der Waals surface area contributed by atoms with Gasteiger partial charge in [0.2, 0.25) is 0 Å². The van der Waals surface area contributed by atoms with Crippen LogP contribution >= 0.6 is 0 Å². The molecule has 0 spiro atoms.